The van der Waals surface area contributed by atoms with Crippen molar-refractivity contribution in [2.45, 2.75) is 33.1 Å². The van der Waals surface area contributed by atoms with Gasteiger partial charge < -0.3 is 9.64 Å². The normalized spacial score (nSPS) is 18.1. The standard InChI is InChI=1S/C12H19ClN4O/c1-4-12(5-2)6-7-17(8-12)10-14-9(13)15-11(16-10)18-3/h4-8H2,1-3H3. The van der Waals surface area contributed by atoms with Gasteiger partial charge >= 0.3 is 6.01 Å². The number of hydrogen-bond acceptors (Lipinski definition) is 5. The lowest BCUT2D eigenvalue weighted by atomic mass is 9.82. The van der Waals surface area contributed by atoms with Crippen LogP contribution >= 0.6 is 11.6 Å². The summed E-state index contributed by atoms with van der Waals surface area (Å²) in [6.07, 6.45) is 3.53. The van der Waals surface area contributed by atoms with Crippen LogP contribution in [0.25, 0.3) is 0 Å². The van der Waals surface area contributed by atoms with Crippen LogP contribution in [0.4, 0.5) is 5.95 Å². The summed E-state index contributed by atoms with van der Waals surface area (Å²) in [6.45, 7) is 6.43. The Kier molecular flexibility index (Phi) is 3.90. The average molecular weight is 271 g/mol. The topological polar surface area (TPSA) is 51.1 Å². The molecule has 0 amide bonds. The fourth-order valence-corrected chi connectivity index (χ4v) is 2.64. The molecule has 0 atom stereocenters. The van der Waals surface area contributed by atoms with Gasteiger partial charge in [-0.2, -0.15) is 15.0 Å². The molecule has 2 rings (SSSR count). The second-order valence-electron chi connectivity index (χ2n) is 4.77. The van der Waals surface area contributed by atoms with Crippen molar-refractivity contribution in [3.63, 3.8) is 0 Å². The predicted octanol–water partition coefficient (Wildman–Crippen LogP) is 2.55. The van der Waals surface area contributed by atoms with Crippen molar-refractivity contribution in [2.75, 3.05) is 25.1 Å². The number of ether oxygens (including phenoxy) is 1. The first-order valence-electron chi connectivity index (χ1n) is 6.33. The van der Waals surface area contributed by atoms with Gasteiger partial charge in [0.1, 0.15) is 0 Å². The molecular weight excluding hydrogens is 252 g/mol. The van der Waals surface area contributed by atoms with Crippen molar-refractivity contribution in [1.82, 2.24) is 15.0 Å². The monoisotopic (exact) mass is 270 g/mol. The first kappa shape index (κ1) is 13.3. The molecule has 0 aliphatic carbocycles. The summed E-state index contributed by atoms with van der Waals surface area (Å²) >= 11 is 5.88. The summed E-state index contributed by atoms with van der Waals surface area (Å²) in [7, 11) is 1.53. The molecule has 0 N–H and O–H groups in total. The average Bonchev–Trinajstić information content (AvgIpc) is 2.83. The van der Waals surface area contributed by atoms with Crippen molar-refractivity contribution in [3.05, 3.63) is 5.28 Å². The molecule has 1 aromatic rings. The molecular formula is C12H19ClN4O. The smallest absolute Gasteiger partial charge is 0.322 e. The fourth-order valence-electron chi connectivity index (χ4n) is 2.49. The lowest BCUT2D eigenvalue weighted by Gasteiger charge is -2.26. The van der Waals surface area contributed by atoms with Gasteiger partial charge in [0.15, 0.2) is 0 Å². The minimum atomic E-state index is 0.183. The maximum absolute atomic E-state index is 5.88. The Hall–Kier alpha value is -1.10. The largest absolute Gasteiger partial charge is 0.467 e. The molecule has 2 heterocycles. The van der Waals surface area contributed by atoms with Crippen LogP contribution < -0.4 is 9.64 Å². The van der Waals surface area contributed by atoms with Crippen LogP contribution in [-0.4, -0.2) is 35.2 Å². The van der Waals surface area contributed by atoms with Gasteiger partial charge in [-0.05, 0) is 36.3 Å². The molecule has 1 aliphatic rings. The van der Waals surface area contributed by atoms with E-state index in [-0.39, 0.29) is 11.3 Å². The quantitative estimate of drug-likeness (QED) is 0.842. The Morgan fingerprint density at radius 3 is 2.56 bits per heavy atom. The summed E-state index contributed by atoms with van der Waals surface area (Å²) in [4.78, 5) is 14.5. The number of halogens is 1. The predicted molar refractivity (Wildman–Crippen MR) is 71.2 cm³/mol. The van der Waals surface area contributed by atoms with Gasteiger partial charge in [0.2, 0.25) is 11.2 Å². The van der Waals surface area contributed by atoms with E-state index in [2.05, 4.69) is 33.7 Å². The molecule has 0 saturated carbocycles. The highest BCUT2D eigenvalue weighted by atomic mass is 35.5. The van der Waals surface area contributed by atoms with E-state index in [4.69, 9.17) is 16.3 Å². The molecule has 0 aromatic carbocycles. The summed E-state index contributed by atoms with van der Waals surface area (Å²) in [5.74, 6) is 0.621. The third-order valence-electron chi connectivity index (χ3n) is 3.98. The van der Waals surface area contributed by atoms with Gasteiger partial charge in [0, 0.05) is 13.1 Å². The summed E-state index contributed by atoms with van der Waals surface area (Å²) in [5.41, 5.74) is 0.381. The molecule has 1 aliphatic heterocycles. The van der Waals surface area contributed by atoms with E-state index in [0.29, 0.717) is 11.4 Å². The van der Waals surface area contributed by atoms with Crippen molar-refractivity contribution >= 4 is 17.5 Å². The third-order valence-corrected chi connectivity index (χ3v) is 4.15. The van der Waals surface area contributed by atoms with Crippen LogP contribution in [0.5, 0.6) is 6.01 Å². The highest BCUT2D eigenvalue weighted by Gasteiger charge is 2.36. The second kappa shape index (κ2) is 5.26. The number of rotatable bonds is 4. The van der Waals surface area contributed by atoms with Gasteiger partial charge in [-0.3, -0.25) is 0 Å². The van der Waals surface area contributed by atoms with Gasteiger partial charge in [0.25, 0.3) is 0 Å². The minimum Gasteiger partial charge on any atom is -0.467 e. The Labute approximate surface area is 113 Å². The Morgan fingerprint density at radius 1 is 1.28 bits per heavy atom. The lowest BCUT2D eigenvalue weighted by molar-refractivity contribution is 0.301. The van der Waals surface area contributed by atoms with Crippen LogP contribution in [0.1, 0.15) is 33.1 Å². The van der Waals surface area contributed by atoms with Crippen LogP contribution in [-0.2, 0) is 0 Å². The van der Waals surface area contributed by atoms with E-state index in [9.17, 15) is 0 Å². The third kappa shape index (κ3) is 2.51. The maximum Gasteiger partial charge on any atom is 0.322 e. The molecule has 18 heavy (non-hydrogen) atoms. The van der Waals surface area contributed by atoms with Crippen LogP contribution in [0, 0.1) is 5.41 Å². The number of hydrogen-bond donors (Lipinski definition) is 0. The zero-order valence-electron chi connectivity index (χ0n) is 11.1. The van der Waals surface area contributed by atoms with E-state index in [1.807, 2.05) is 0 Å². The van der Waals surface area contributed by atoms with E-state index in [0.717, 1.165) is 13.1 Å². The summed E-state index contributed by atoms with van der Waals surface area (Å²) in [6, 6.07) is 0.274. The van der Waals surface area contributed by atoms with Crippen molar-refractivity contribution < 1.29 is 4.74 Å². The number of anilines is 1. The molecule has 1 fully saturated rings. The summed E-state index contributed by atoms with van der Waals surface area (Å²) in [5, 5.41) is 0.183. The molecule has 1 saturated heterocycles. The molecule has 0 bridgehead atoms. The zero-order valence-corrected chi connectivity index (χ0v) is 11.9. The molecule has 100 valence electrons. The number of methoxy groups -OCH3 is 1. The van der Waals surface area contributed by atoms with Gasteiger partial charge in [-0.15, -0.1) is 0 Å². The minimum absolute atomic E-state index is 0.183. The molecule has 5 nitrogen and oxygen atoms in total. The fraction of sp³-hybridized carbons (Fsp3) is 0.750. The van der Waals surface area contributed by atoms with E-state index < -0.39 is 0 Å². The highest BCUT2D eigenvalue weighted by molar-refractivity contribution is 6.28. The van der Waals surface area contributed by atoms with Crippen LogP contribution in [0.2, 0.25) is 5.28 Å². The zero-order chi connectivity index (χ0) is 13.2. The SMILES string of the molecule is CCC1(CC)CCN(c2nc(Cl)nc(OC)n2)C1. The summed E-state index contributed by atoms with van der Waals surface area (Å²) < 4.78 is 5.03. The van der Waals surface area contributed by atoms with Crippen molar-refractivity contribution in [3.8, 4) is 6.01 Å². The first-order valence-corrected chi connectivity index (χ1v) is 6.71. The van der Waals surface area contributed by atoms with Crippen molar-refractivity contribution in [1.29, 1.82) is 0 Å². The number of aromatic nitrogens is 3. The Balaban J connectivity index is 2.21. The molecule has 0 spiro atoms. The maximum atomic E-state index is 5.88. The molecule has 0 unspecified atom stereocenters. The van der Waals surface area contributed by atoms with Gasteiger partial charge in [-0.1, -0.05) is 13.8 Å². The lowest BCUT2D eigenvalue weighted by Crippen LogP contribution is -2.27. The van der Waals surface area contributed by atoms with E-state index >= 15 is 0 Å². The van der Waals surface area contributed by atoms with E-state index in [1.165, 1.54) is 26.4 Å². The molecule has 1 aromatic heterocycles. The molecule has 0 radical (unpaired) electrons. The first-order chi connectivity index (χ1) is 8.62. The second-order valence-corrected chi connectivity index (χ2v) is 5.11. The number of nitrogens with zero attached hydrogens (tertiary/aromatic N) is 4. The Bertz CT molecular complexity index is 423. The van der Waals surface area contributed by atoms with E-state index in [1.54, 1.807) is 0 Å². The van der Waals surface area contributed by atoms with Gasteiger partial charge in [0.05, 0.1) is 7.11 Å². The molecule has 6 heteroatoms. The Morgan fingerprint density at radius 2 is 2.00 bits per heavy atom. The highest BCUT2D eigenvalue weighted by Crippen LogP contribution is 2.38. The van der Waals surface area contributed by atoms with Gasteiger partial charge in [-0.25, -0.2) is 0 Å². The van der Waals surface area contributed by atoms with Crippen LogP contribution in [0.15, 0.2) is 0 Å². The van der Waals surface area contributed by atoms with Crippen LogP contribution in [0.3, 0.4) is 0 Å². The van der Waals surface area contributed by atoms with Crippen molar-refractivity contribution in [2.24, 2.45) is 5.41 Å².